The molecule has 0 spiro atoms. The van der Waals surface area contributed by atoms with Crippen molar-refractivity contribution in [2.24, 2.45) is 5.92 Å². The molecule has 0 aliphatic carbocycles. The van der Waals surface area contributed by atoms with Gasteiger partial charge in [-0.2, -0.15) is 0 Å². The quantitative estimate of drug-likeness (QED) is 0.668. The van der Waals surface area contributed by atoms with Gasteiger partial charge in [0.15, 0.2) is 0 Å². The van der Waals surface area contributed by atoms with E-state index in [9.17, 15) is 13.2 Å². The average Bonchev–Trinajstić information content (AvgIpc) is 3.09. The van der Waals surface area contributed by atoms with Crippen molar-refractivity contribution < 1.29 is 13.2 Å². The lowest BCUT2D eigenvalue weighted by Gasteiger charge is -2.09. The van der Waals surface area contributed by atoms with E-state index in [1.807, 2.05) is 0 Å². The Bertz CT molecular complexity index is 528. The molecule has 3 N–H and O–H groups in total. The maximum absolute atomic E-state index is 11.8. The molecule has 0 radical (unpaired) electrons. The summed E-state index contributed by atoms with van der Waals surface area (Å²) in [5.41, 5.74) is 0. The first-order valence-corrected chi connectivity index (χ1v) is 8.95. The van der Waals surface area contributed by atoms with Gasteiger partial charge in [0.25, 0.3) is 10.0 Å². The van der Waals surface area contributed by atoms with E-state index in [0.717, 1.165) is 37.3 Å². The van der Waals surface area contributed by atoms with Crippen LogP contribution in [-0.2, 0) is 14.8 Å². The standard InChI is InChI=1S/C12H19N3O3S2.ClH/c16-11(14-6-4-10-3-5-13-8-10)9-15-20(17,18)12-2-1-7-19-12;/h1-2,7,10,13,15H,3-6,8-9H2,(H,14,16);1H. The highest BCUT2D eigenvalue weighted by Crippen LogP contribution is 2.14. The molecule has 120 valence electrons. The van der Waals surface area contributed by atoms with Crippen LogP contribution in [0.5, 0.6) is 0 Å². The van der Waals surface area contributed by atoms with Crippen molar-refractivity contribution >= 4 is 39.7 Å². The van der Waals surface area contributed by atoms with Crippen molar-refractivity contribution in [1.29, 1.82) is 0 Å². The summed E-state index contributed by atoms with van der Waals surface area (Å²) in [5, 5.41) is 7.69. The number of sulfonamides is 1. The highest BCUT2D eigenvalue weighted by molar-refractivity contribution is 7.91. The van der Waals surface area contributed by atoms with E-state index in [0.29, 0.717) is 12.5 Å². The van der Waals surface area contributed by atoms with Crippen molar-refractivity contribution in [3.05, 3.63) is 17.5 Å². The number of nitrogens with one attached hydrogen (secondary N) is 3. The molecular formula is C12H20ClN3O3S2. The fraction of sp³-hybridized carbons (Fsp3) is 0.583. The van der Waals surface area contributed by atoms with Crippen LogP contribution in [0.1, 0.15) is 12.8 Å². The molecule has 1 unspecified atom stereocenters. The molecule has 2 heterocycles. The Morgan fingerprint density at radius 2 is 2.29 bits per heavy atom. The number of hydrogen-bond donors (Lipinski definition) is 3. The smallest absolute Gasteiger partial charge is 0.250 e. The zero-order valence-corrected chi connectivity index (χ0v) is 14.0. The first-order valence-electron chi connectivity index (χ1n) is 6.58. The molecule has 1 atom stereocenters. The highest BCUT2D eigenvalue weighted by atomic mass is 35.5. The number of hydrogen-bond acceptors (Lipinski definition) is 5. The summed E-state index contributed by atoms with van der Waals surface area (Å²) in [6.45, 7) is 2.41. The fourth-order valence-electron chi connectivity index (χ4n) is 2.09. The Hall–Kier alpha value is -0.670. The minimum atomic E-state index is -3.56. The fourth-order valence-corrected chi connectivity index (χ4v) is 4.11. The van der Waals surface area contributed by atoms with Gasteiger partial charge in [0.05, 0.1) is 6.54 Å². The predicted molar refractivity (Wildman–Crippen MR) is 85.4 cm³/mol. The van der Waals surface area contributed by atoms with E-state index in [-0.39, 0.29) is 29.1 Å². The molecule has 1 aromatic heterocycles. The Balaban J connectivity index is 0.00000220. The van der Waals surface area contributed by atoms with E-state index in [4.69, 9.17) is 0 Å². The third-order valence-electron chi connectivity index (χ3n) is 3.22. The maximum Gasteiger partial charge on any atom is 0.250 e. The molecular weight excluding hydrogens is 334 g/mol. The van der Waals surface area contributed by atoms with Crippen LogP contribution in [-0.4, -0.2) is 40.5 Å². The average molecular weight is 354 g/mol. The second-order valence-electron chi connectivity index (χ2n) is 4.75. The second-order valence-corrected chi connectivity index (χ2v) is 7.70. The molecule has 1 fully saturated rings. The van der Waals surface area contributed by atoms with Crippen LogP contribution in [0, 0.1) is 5.92 Å². The summed E-state index contributed by atoms with van der Waals surface area (Å²) in [4.78, 5) is 11.6. The van der Waals surface area contributed by atoms with Crippen LogP contribution in [0.3, 0.4) is 0 Å². The lowest BCUT2D eigenvalue weighted by molar-refractivity contribution is -0.120. The predicted octanol–water partition coefficient (Wildman–Crippen LogP) is 0.564. The molecule has 0 saturated carbocycles. The third-order valence-corrected chi connectivity index (χ3v) is 6.02. The van der Waals surface area contributed by atoms with Gasteiger partial charge in [0.2, 0.25) is 5.91 Å². The molecule has 21 heavy (non-hydrogen) atoms. The molecule has 1 aliphatic rings. The van der Waals surface area contributed by atoms with Gasteiger partial charge in [0.1, 0.15) is 4.21 Å². The molecule has 1 aromatic rings. The zero-order chi connectivity index (χ0) is 14.4. The van der Waals surface area contributed by atoms with Crippen LogP contribution in [0.15, 0.2) is 21.7 Å². The van der Waals surface area contributed by atoms with Crippen LogP contribution >= 0.6 is 23.7 Å². The van der Waals surface area contributed by atoms with E-state index < -0.39 is 10.0 Å². The Kier molecular flexibility index (Phi) is 7.61. The molecule has 1 amide bonds. The summed E-state index contributed by atoms with van der Waals surface area (Å²) in [6, 6.07) is 3.17. The third kappa shape index (κ3) is 5.91. The highest BCUT2D eigenvalue weighted by Gasteiger charge is 2.17. The Morgan fingerprint density at radius 1 is 1.48 bits per heavy atom. The first-order chi connectivity index (χ1) is 9.58. The van der Waals surface area contributed by atoms with Crippen molar-refractivity contribution in [2.75, 3.05) is 26.2 Å². The van der Waals surface area contributed by atoms with Gasteiger partial charge in [-0.15, -0.1) is 23.7 Å². The maximum atomic E-state index is 11.8. The van der Waals surface area contributed by atoms with Gasteiger partial charge in [0, 0.05) is 6.54 Å². The van der Waals surface area contributed by atoms with Crippen molar-refractivity contribution in [3.8, 4) is 0 Å². The van der Waals surface area contributed by atoms with Crippen molar-refractivity contribution in [2.45, 2.75) is 17.1 Å². The molecule has 6 nitrogen and oxygen atoms in total. The number of rotatable bonds is 7. The second kappa shape index (κ2) is 8.70. The molecule has 1 aliphatic heterocycles. The molecule has 0 aromatic carbocycles. The number of thiophene rings is 1. The molecule has 0 bridgehead atoms. The normalized spacial score (nSPS) is 18.2. The van der Waals surface area contributed by atoms with E-state index in [2.05, 4.69) is 15.4 Å². The monoisotopic (exact) mass is 353 g/mol. The van der Waals surface area contributed by atoms with Gasteiger partial charge >= 0.3 is 0 Å². The number of carbonyl (C=O) groups excluding carboxylic acids is 1. The number of carbonyl (C=O) groups is 1. The van der Waals surface area contributed by atoms with E-state index in [1.54, 1.807) is 11.4 Å². The van der Waals surface area contributed by atoms with Gasteiger partial charge in [-0.25, -0.2) is 13.1 Å². The lowest BCUT2D eigenvalue weighted by Crippen LogP contribution is -2.37. The summed E-state index contributed by atoms with van der Waals surface area (Å²) in [7, 11) is -3.56. The van der Waals surface area contributed by atoms with Crippen LogP contribution in [0.25, 0.3) is 0 Å². The van der Waals surface area contributed by atoms with Crippen LogP contribution < -0.4 is 15.4 Å². The molecule has 9 heteroatoms. The Morgan fingerprint density at radius 3 is 2.90 bits per heavy atom. The van der Waals surface area contributed by atoms with Crippen molar-refractivity contribution in [3.63, 3.8) is 0 Å². The largest absolute Gasteiger partial charge is 0.355 e. The van der Waals surface area contributed by atoms with Gasteiger partial charge < -0.3 is 10.6 Å². The topological polar surface area (TPSA) is 87.3 Å². The molecule has 1 saturated heterocycles. The van der Waals surface area contributed by atoms with Crippen molar-refractivity contribution in [1.82, 2.24) is 15.4 Å². The lowest BCUT2D eigenvalue weighted by atomic mass is 10.1. The SMILES string of the molecule is Cl.O=C(CNS(=O)(=O)c1cccs1)NCCC1CCNC1. The summed E-state index contributed by atoms with van der Waals surface area (Å²) in [5.74, 6) is 0.314. The first kappa shape index (κ1) is 18.4. The minimum Gasteiger partial charge on any atom is -0.355 e. The zero-order valence-electron chi connectivity index (χ0n) is 11.5. The van der Waals surface area contributed by atoms with E-state index in [1.165, 1.54) is 6.07 Å². The number of amides is 1. The van der Waals surface area contributed by atoms with E-state index >= 15 is 0 Å². The summed E-state index contributed by atoms with van der Waals surface area (Å²) < 4.78 is 26.1. The number of halogens is 1. The van der Waals surface area contributed by atoms with Gasteiger partial charge in [-0.3, -0.25) is 4.79 Å². The van der Waals surface area contributed by atoms with Crippen LogP contribution in [0.4, 0.5) is 0 Å². The molecule has 2 rings (SSSR count). The van der Waals surface area contributed by atoms with Crippen LogP contribution in [0.2, 0.25) is 0 Å². The summed E-state index contributed by atoms with van der Waals surface area (Å²) in [6.07, 6.45) is 2.07. The summed E-state index contributed by atoms with van der Waals surface area (Å²) >= 11 is 1.13. The van der Waals surface area contributed by atoms with Gasteiger partial charge in [-0.05, 0) is 43.3 Å². The Labute approximate surface area is 135 Å². The van der Waals surface area contributed by atoms with Gasteiger partial charge in [-0.1, -0.05) is 6.07 Å². The minimum absolute atomic E-state index is 0.